The number of benzene rings is 2. The monoisotopic (exact) mass is 427 g/mol. The smallest absolute Gasteiger partial charge is 0.149 e. The Kier molecular flexibility index (Phi) is 6.19. The number of nitrogen functional groups attached to an aromatic ring is 1. The third-order valence-corrected chi connectivity index (χ3v) is 4.68. The number of methoxy groups -OCH3 is 2. The molecule has 0 bridgehead atoms. The summed E-state index contributed by atoms with van der Waals surface area (Å²) in [7, 11) is 3.36. The van der Waals surface area contributed by atoms with Gasteiger partial charge in [0.1, 0.15) is 17.3 Å². The van der Waals surface area contributed by atoms with E-state index in [9.17, 15) is 0 Å². The third kappa shape index (κ3) is 4.92. The van der Waals surface area contributed by atoms with E-state index in [-0.39, 0.29) is 0 Å². The van der Waals surface area contributed by atoms with E-state index in [0.29, 0.717) is 18.1 Å². The molecule has 0 aliphatic rings. The molecule has 3 N–H and O–H groups in total. The molecule has 2 aromatic carbocycles. The first-order valence-electron chi connectivity index (χ1n) is 8.52. The van der Waals surface area contributed by atoms with E-state index in [1.54, 1.807) is 20.4 Å². The first-order valence-corrected chi connectivity index (χ1v) is 9.32. The Bertz CT molecular complexity index is 914. The molecule has 0 saturated carbocycles. The highest BCUT2D eigenvalue weighted by Gasteiger charge is 2.07. The molecule has 0 fully saturated rings. The Balaban J connectivity index is 1.71. The first kappa shape index (κ1) is 19.0. The standard InChI is InChI=1S/C21H22BrN3O2/c1-26-18-7-4-14(5-8-18)9-16-6-3-15(10-20(16)27-2)12-24-21-19(23)11-17(22)13-25-21/h3-8,10-11,13H,9,12,23H2,1-2H3,(H,24,25). The first-order chi connectivity index (χ1) is 13.1. The van der Waals surface area contributed by atoms with E-state index in [1.165, 1.54) is 5.56 Å². The van der Waals surface area contributed by atoms with Gasteiger partial charge in [0.2, 0.25) is 0 Å². The molecule has 5 nitrogen and oxygen atoms in total. The van der Waals surface area contributed by atoms with Crippen molar-refractivity contribution in [1.82, 2.24) is 4.98 Å². The highest BCUT2D eigenvalue weighted by atomic mass is 79.9. The maximum atomic E-state index is 5.98. The van der Waals surface area contributed by atoms with Crippen LogP contribution in [0.2, 0.25) is 0 Å². The van der Waals surface area contributed by atoms with Gasteiger partial charge in [-0.3, -0.25) is 0 Å². The normalized spacial score (nSPS) is 10.5. The largest absolute Gasteiger partial charge is 0.497 e. The third-order valence-electron chi connectivity index (χ3n) is 4.25. The molecule has 0 unspecified atom stereocenters. The summed E-state index contributed by atoms with van der Waals surface area (Å²) in [6.07, 6.45) is 2.51. The van der Waals surface area contributed by atoms with Gasteiger partial charge >= 0.3 is 0 Å². The van der Waals surface area contributed by atoms with Crippen LogP contribution in [-0.4, -0.2) is 19.2 Å². The van der Waals surface area contributed by atoms with Crippen molar-refractivity contribution in [2.24, 2.45) is 0 Å². The second kappa shape index (κ2) is 8.77. The van der Waals surface area contributed by atoms with Crippen LogP contribution in [0.25, 0.3) is 0 Å². The minimum atomic E-state index is 0.604. The zero-order valence-corrected chi connectivity index (χ0v) is 16.9. The number of rotatable bonds is 7. The van der Waals surface area contributed by atoms with Crippen molar-refractivity contribution < 1.29 is 9.47 Å². The number of ether oxygens (including phenoxy) is 2. The quantitative estimate of drug-likeness (QED) is 0.574. The summed E-state index contributed by atoms with van der Waals surface area (Å²) in [6.45, 7) is 0.609. The predicted octanol–water partition coefficient (Wildman–Crippen LogP) is 4.65. The Hall–Kier alpha value is -2.73. The number of nitrogens with zero attached hydrogens (tertiary/aromatic N) is 1. The van der Waals surface area contributed by atoms with Crippen molar-refractivity contribution in [3.8, 4) is 11.5 Å². The molecule has 0 amide bonds. The van der Waals surface area contributed by atoms with E-state index in [2.05, 4.69) is 50.5 Å². The molecular weight excluding hydrogens is 406 g/mol. The van der Waals surface area contributed by atoms with Gasteiger partial charge in [-0.1, -0.05) is 24.3 Å². The molecule has 6 heteroatoms. The van der Waals surface area contributed by atoms with Crippen LogP contribution in [-0.2, 0) is 13.0 Å². The topological polar surface area (TPSA) is 69.4 Å². The van der Waals surface area contributed by atoms with Crippen LogP contribution in [0.4, 0.5) is 11.5 Å². The summed E-state index contributed by atoms with van der Waals surface area (Å²) in [5, 5.41) is 3.26. The van der Waals surface area contributed by atoms with Crippen LogP contribution in [0, 0.1) is 0 Å². The van der Waals surface area contributed by atoms with Gasteiger partial charge in [-0.25, -0.2) is 4.98 Å². The Labute approximate surface area is 167 Å². The Morgan fingerprint density at radius 1 is 1.00 bits per heavy atom. The zero-order chi connectivity index (χ0) is 19.2. The number of hydrogen-bond acceptors (Lipinski definition) is 5. The van der Waals surface area contributed by atoms with Gasteiger partial charge in [-0.05, 0) is 56.9 Å². The number of aromatic nitrogens is 1. The van der Waals surface area contributed by atoms with Crippen LogP contribution >= 0.6 is 15.9 Å². The lowest BCUT2D eigenvalue weighted by molar-refractivity contribution is 0.410. The summed E-state index contributed by atoms with van der Waals surface area (Å²) in [6, 6.07) is 16.1. The van der Waals surface area contributed by atoms with Crippen molar-refractivity contribution in [2.45, 2.75) is 13.0 Å². The van der Waals surface area contributed by atoms with Crippen molar-refractivity contribution in [1.29, 1.82) is 0 Å². The van der Waals surface area contributed by atoms with E-state index in [0.717, 1.165) is 33.5 Å². The Morgan fingerprint density at radius 3 is 2.41 bits per heavy atom. The molecule has 0 spiro atoms. The molecule has 0 aliphatic carbocycles. The highest BCUT2D eigenvalue weighted by molar-refractivity contribution is 9.10. The number of hydrogen-bond donors (Lipinski definition) is 2. The van der Waals surface area contributed by atoms with E-state index < -0.39 is 0 Å². The molecule has 0 saturated heterocycles. The Morgan fingerprint density at radius 2 is 1.74 bits per heavy atom. The lowest BCUT2D eigenvalue weighted by Gasteiger charge is -2.13. The van der Waals surface area contributed by atoms with Crippen molar-refractivity contribution in [3.05, 3.63) is 75.9 Å². The van der Waals surface area contributed by atoms with E-state index in [1.807, 2.05) is 24.3 Å². The number of pyridine rings is 1. The van der Waals surface area contributed by atoms with Crippen LogP contribution in [0.3, 0.4) is 0 Å². The van der Waals surface area contributed by atoms with Gasteiger partial charge in [0, 0.05) is 23.6 Å². The maximum Gasteiger partial charge on any atom is 0.149 e. The predicted molar refractivity (Wildman–Crippen MR) is 112 cm³/mol. The average molecular weight is 428 g/mol. The second-order valence-corrected chi connectivity index (χ2v) is 7.03. The number of nitrogens with one attached hydrogen (secondary N) is 1. The summed E-state index contributed by atoms with van der Waals surface area (Å²) >= 11 is 3.36. The molecule has 1 heterocycles. The summed E-state index contributed by atoms with van der Waals surface area (Å²) in [4.78, 5) is 4.30. The molecule has 27 heavy (non-hydrogen) atoms. The highest BCUT2D eigenvalue weighted by Crippen LogP contribution is 2.25. The van der Waals surface area contributed by atoms with E-state index in [4.69, 9.17) is 15.2 Å². The number of anilines is 2. The van der Waals surface area contributed by atoms with Crippen LogP contribution in [0.15, 0.2) is 59.2 Å². The van der Waals surface area contributed by atoms with Crippen molar-refractivity contribution in [3.63, 3.8) is 0 Å². The molecule has 0 atom stereocenters. The summed E-state index contributed by atoms with van der Waals surface area (Å²) < 4.78 is 11.7. The van der Waals surface area contributed by atoms with Gasteiger partial charge in [0.05, 0.1) is 19.9 Å². The van der Waals surface area contributed by atoms with E-state index >= 15 is 0 Å². The van der Waals surface area contributed by atoms with Crippen molar-refractivity contribution in [2.75, 3.05) is 25.3 Å². The summed E-state index contributed by atoms with van der Waals surface area (Å²) in [5.74, 6) is 2.38. The van der Waals surface area contributed by atoms with Crippen LogP contribution in [0.1, 0.15) is 16.7 Å². The van der Waals surface area contributed by atoms with Crippen molar-refractivity contribution >= 4 is 27.4 Å². The lowest BCUT2D eigenvalue weighted by atomic mass is 10.0. The average Bonchev–Trinajstić information content (AvgIpc) is 2.68. The molecule has 0 aliphatic heterocycles. The molecular formula is C21H22BrN3O2. The molecule has 140 valence electrons. The molecule has 3 rings (SSSR count). The molecule has 3 aromatic rings. The van der Waals surface area contributed by atoms with Gasteiger partial charge in [-0.2, -0.15) is 0 Å². The van der Waals surface area contributed by atoms with Crippen LogP contribution in [0.5, 0.6) is 11.5 Å². The van der Waals surface area contributed by atoms with Gasteiger partial charge in [-0.15, -0.1) is 0 Å². The fourth-order valence-corrected chi connectivity index (χ4v) is 3.15. The molecule has 1 aromatic heterocycles. The molecule has 0 radical (unpaired) electrons. The minimum absolute atomic E-state index is 0.604. The second-order valence-electron chi connectivity index (χ2n) is 6.12. The van der Waals surface area contributed by atoms with Gasteiger partial charge in [0.25, 0.3) is 0 Å². The SMILES string of the molecule is COc1ccc(Cc2ccc(CNc3ncc(Br)cc3N)cc2OC)cc1. The summed E-state index contributed by atoms with van der Waals surface area (Å²) in [5.41, 5.74) is 10.0. The van der Waals surface area contributed by atoms with Gasteiger partial charge < -0.3 is 20.5 Å². The number of halogens is 1. The fraction of sp³-hybridized carbons (Fsp3) is 0.190. The van der Waals surface area contributed by atoms with Crippen LogP contribution < -0.4 is 20.5 Å². The minimum Gasteiger partial charge on any atom is -0.497 e. The lowest BCUT2D eigenvalue weighted by Crippen LogP contribution is -2.05. The maximum absolute atomic E-state index is 5.98. The fourth-order valence-electron chi connectivity index (χ4n) is 2.80. The zero-order valence-electron chi connectivity index (χ0n) is 15.3. The van der Waals surface area contributed by atoms with Gasteiger partial charge in [0.15, 0.2) is 0 Å². The number of nitrogens with two attached hydrogens (primary N) is 1.